The summed E-state index contributed by atoms with van der Waals surface area (Å²) in [5.41, 5.74) is 5.85. The van der Waals surface area contributed by atoms with E-state index in [0.717, 1.165) is 19.3 Å². The number of halogens is 1. The van der Waals surface area contributed by atoms with E-state index in [4.69, 9.17) is 17.3 Å². The normalized spacial score (nSPS) is 11.9. The van der Waals surface area contributed by atoms with Gasteiger partial charge in [-0.15, -0.1) is 0 Å². The highest BCUT2D eigenvalue weighted by Crippen LogP contribution is 2.11. The summed E-state index contributed by atoms with van der Waals surface area (Å²) in [6.45, 7) is 2.18. The van der Waals surface area contributed by atoms with Gasteiger partial charge in [0.15, 0.2) is 0 Å². The van der Waals surface area contributed by atoms with Gasteiger partial charge in [-0.05, 0) is 30.7 Å². The van der Waals surface area contributed by atoms with Crippen LogP contribution in [0.3, 0.4) is 0 Å². The van der Waals surface area contributed by atoms with Crippen LogP contribution in [0.1, 0.15) is 62.2 Å². The number of rotatable bonds is 10. The van der Waals surface area contributed by atoms with Crippen molar-refractivity contribution in [1.29, 1.82) is 0 Å². The molecule has 1 rings (SSSR count). The van der Waals surface area contributed by atoms with Crippen LogP contribution in [0.5, 0.6) is 0 Å². The second-order valence-corrected chi connectivity index (χ2v) is 5.93. The molecule has 5 heteroatoms. The predicted molar refractivity (Wildman–Crippen MR) is 89.9 cm³/mol. The van der Waals surface area contributed by atoms with Crippen LogP contribution in [-0.2, 0) is 4.79 Å². The molecule has 0 aromatic heterocycles. The van der Waals surface area contributed by atoms with Crippen LogP contribution in [0.2, 0.25) is 5.02 Å². The molecule has 0 heterocycles. The number of nitrogens with two attached hydrogens (primary N) is 1. The fraction of sp³-hybridized carbons (Fsp3) is 0.529. The number of unbranched alkanes of at least 4 members (excludes halogenated alkanes) is 5. The Morgan fingerprint density at radius 2 is 1.68 bits per heavy atom. The zero-order valence-electron chi connectivity index (χ0n) is 13.1. The molecule has 22 heavy (non-hydrogen) atoms. The monoisotopic (exact) mass is 324 g/mol. The van der Waals surface area contributed by atoms with E-state index in [2.05, 4.69) is 12.2 Å². The maximum Gasteiger partial charge on any atom is 0.251 e. The smallest absolute Gasteiger partial charge is 0.251 e. The highest BCUT2D eigenvalue weighted by molar-refractivity contribution is 6.30. The fourth-order valence-corrected chi connectivity index (χ4v) is 2.38. The van der Waals surface area contributed by atoms with Crippen molar-refractivity contribution < 1.29 is 9.59 Å². The van der Waals surface area contributed by atoms with Crippen LogP contribution in [-0.4, -0.2) is 17.9 Å². The Morgan fingerprint density at radius 3 is 2.27 bits per heavy atom. The highest BCUT2D eigenvalue weighted by Gasteiger charge is 2.18. The first-order valence-corrected chi connectivity index (χ1v) is 8.28. The average Bonchev–Trinajstić information content (AvgIpc) is 2.49. The Hall–Kier alpha value is -1.55. The van der Waals surface area contributed by atoms with Crippen LogP contribution in [0.4, 0.5) is 0 Å². The van der Waals surface area contributed by atoms with Crippen LogP contribution in [0.15, 0.2) is 24.3 Å². The second-order valence-electron chi connectivity index (χ2n) is 5.49. The molecule has 2 amide bonds. The van der Waals surface area contributed by atoms with Crippen LogP contribution < -0.4 is 11.1 Å². The van der Waals surface area contributed by atoms with Gasteiger partial charge in [0.05, 0.1) is 0 Å². The lowest BCUT2D eigenvalue weighted by Gasteiger charge is -2.15. The van der Waals surface area contributed by atoms with Crippen molar-refractivity contribution in [1.82, 2.24) is 5.32 Å². The lowest BCUT2D eigenvalue weighted by molar-refractivity contribution is -0.120. The molecule has 0 aliphatic carbocycles. The van der Waals surface area contributed by atoms with Crippen molar-refractivity contribution in [3.63, 3.8) is 0 Å². The van der Waals surface area contributed by atoms with E-state index < -0.39 is 11.9 Å². The van der Waals surface area contributed by atoms with Crippen LogP contribution in [0.25, 0.3) is 0 Å². The summed E-state index contributed by atoms with van der Waals surface area (Å²) in [5.74, 6) is -0.790. The Labute approximate surface area is 137 Å². The van der Waals surface area contributed by atoms with Gasteiger partial charge >= 0.3 is 0 Å². The van der Waals surface area contributed by atoms with E-state index >= 15 is 0 Å². The lowest BCUT2D eigenvalue weighted by atomic mass is 10.0. The number of carbonyl (C=O) groups is 2. The first-order valence-electron chi connectivity index (χ1n) is 7.90. The van der Waals surface area contributed by atoms with Gasteiger partial charge in [-0.3, -0.25) is 9.59 Å². The third-order valence-electron chi connectivity index (χ3n) is 3.60. The molecular formula is C17H25ClN2O2. The van der Waals surface area contributed by atoms with Crippen molar-refractivity contribution >= 4 is 23.4 Å². The van der Waals surface area contributed by atoms with E-state index in [1.165, 1.54) is 19.3 Å². The molecule has 0 unspecified atom stereocenters. The topological polar surface area (TPSA) is 72.2 Å². The zero-order chi connectivity index (χ0) is 16.4. The first kappa shape index (κ1) is 18.5. The van der Waals surface area contributed by atoms with Gasteiger partial charge in [0.1, 0.15) is 6.04 Å². The highest BCUT2D eigenvalue weighted by atomic mass is 35.5. The van der Waals surface area contributed by atoms with Gasteiger partial charge in [-0.1, -0.05) is 57.0 Å². The van der Waals surface area contributed by atoms with E-state index in [9.17, 15) is 9.59 Å². The Morgan fingerprint density at radius 1 is 1.09 bits per heavy atom. The molecule has 0 aliphatic rings. The standard InChI is InChI=1S/C17H25ClN2O2/c1-2-3-4-5-6-7-8-15(16(19)21)20-17(22)13-9-11-14(18)12-10-13/h9-12,15H,2-8H2,1H3,(H2,19,21)(H,20,22)/t15-/m0/s1. The summed E-state index contributed by atoms with van der Waals surface area (Å²) in [7, 11) is 0. The number of benzene rings is 1. The molecule has 0 radical (unpaired) electrons. The van der Waals surface area contributed by atoms with Crippen LogP contribution in [0, 0.1) is 0 Å². The van der Waals surface area contributed by atoms with Crippen LogP contribution >= 0.6 is 11.6 Å². The summed E-state index contributed by atoms with van der Waals surface area (Å²) < 4.78 is 0. The molecule has 0 bridgehead atoms. The quantitative estimate of drug-likeness (QED) is 0.644. The molecule has 0 spiro atoms. The number of amides is 2. The van der Waals surface area contributed by atoms with Crippen molar-refractivity contribution in [3.8, 4) is 0 Å². The minimum absolute atomic E-state index is 0.300. The van der Waals surface area contributed by atoms with Gasteiger partial charge in [0.2, 0.25) is 5.91 Å². The number of carbonyl (C=O) groups excluding carboxylic acids is 2. The summed E-state index contributed by atoms with van der Waals surface area (Å²) >= 11 is 5.79. The molecule has 1 aromatic carbocycles. The number of hydrogen-bond donors (Lipinski definition) is 2. The largest absolute Gasteiger partial charge is 0.368 e. The minimum Gasteiger partial charge on any atom is -0.368 e. The molecule has 0 fully saturated rings. The van der Waals surface area contributed by atoms with Gasteiger partial charge in [0, 0.05) is 10.6 Å². The first-order chi connectivity index (χ1) is 10.5. The van der Waals surface area contributed by atoms with Crippen molar-refractivity contribution in [2.75, 3.05) is 0 Å². The lowest BCUT2D eigenvalue weighted by Crippen LogP contribution is -2.44. The van der Waals surface area contributed by atoms with Gasteiger partial charge in [-0.2, -0.15) is 0 Å². The minimum atomic E-state index is -0.616. The molecular weight excluding hydrogens is 300 g/mol. The van der Waals surface area contributed by atoms with E-state index in [1.807, 2.05) is 0 Å². The Kier molecular flexibility index (Phi) is 8.60. The van der Waals surface area contributed by atoms with Crippen molar-refractivity contribution in [2.24, 2.45) is 5.73 Å². The molecule has 1 atom stereocenters. The maximum atomic E-state index is 12.1. The van der Waals surface area contributed by atoms with E-state index in [0.29, 0.717) is 17.0 Å². The summed E-state index contributed by atoms with van der Waals surface area (Å²) in [5, 5.41) is 3.26. The van der Waals surface area contributed by atoms with Gasteiger partial charge in [0.25, 0.3) is 5.91 Å². The molecule has 1 aromatic rings. The van der Waals surface area contributed by atoms with Crippen molar-refractivity contribution in [2.45, 2.75) is 57.9 Å². The molecule has 3 N–H and O–H groups in total. The predicted octanol–water partition coefficient (Wildman–Crippen LogP) is 3.67. The number of primary amides is 1. The average molecular weight is 325 g/mol. The van der Waals surface area contributed by atoms with Gasteiger partial charge in [-0.25, -0.2) is 0 Å². The molecule has 0 aliphatic heterocycles. The molecule has 0 saturated heterocycles. The second kappa shape index (κ2) is 10.2. The zero-order valence-corrected chi connectivity index (χ0v) is 13.9. The molecule has 122 valence electrons. The molecule has 0 saturated carbocycles. The third kappa shape index (κ3) is 6.94. The van der Waals surface area contributed by atoms with Gasteiger partial charge < -0.3 is 11.1 Å². The summed E-state index contributed by atoms with van der Waals surface area (Å²) in [4.78, 5) is 23.6. The van der Waals surface area contributed by atoms with E-state index in [1.54, 1.807) is 24.3 Å². The van der Waals surface area contributed by atoms with E-state index in [-0.39, 0.29) is 5.91 Å². The Bertz CT molecular complexity index is 474. The third-order valence-corrected chi connectivity index (χ3v) is 3.85. The fourth-order valence-electron chi connectivity index (χ4n) is 2.26. The molecule has 4 nitrogen and oxygen atoms in total. The number of nitrogens with one attached hydrogen (secondary N) is 1. The summed E-state index contributed by atoms with van der Waals surface area (Å²) in [6.07, 6.45) is 7.35. The summed E-state index contributed by atoms with van der Waals surface area (Å²) in [6, 6.07) is 5.92. The number of hydrogen-bond acceptors (Lipinski definition) is 2. The maximum absolute atomic E-state index is 12.1. The Balaban J connectivity index is 2.41. The SMILES string of the molecule is CCCCCCCC[C@H](NC(=O)c1ccc(Cl)cc1)C(N)=O. The van der Waals surface area contributed by atoms with Crippen molar-refractivity contribution in [3.05, 3.63) is 34.9 Å².